The average molecular weight is 437 g/mol. The molecule has 0 saturated heterocycles. The molecule has 0 unspecified atom stereocenters. The summed E-state index contributed by atoms with van der Waals surface area (Å²) in [6.07, 6.45) is 3.86. The van der Waals surface area contributed by atoms with Gasteiger partial charge in [-0.05, 0) is 50.8 Å². The summed E-state index contributed by atoms with van der Waals surface area (Å²) in [6, 6.07) is 10.3. The van der Waals surface area contributed by atoms with Gasteiger partial charge < -0.3 is 10.6 Å². The number of aromatic nitrogens is 5. The van der Waals surface area contributed by atoms with Gasteiger partial charge in [0, 0.05) is 45.3 Å². The maximum atomic E-state index is 12.4. The van der Waals surface area contributed by atoms with Crippen LogP contribution in [0.2, 0.25) is 0 Å². The van der Waals surface area contributed by atoms with Gasteiger partial charge in [-0.15, -0.1) is 0 Å². The summed E-state index contributed by atoms with van der Waals surface area (Å²) < 4.78 is 5.39. The van der Waals surface area contributed by atoms with Crippen LogP contribution in [0.1, 0.15) is 42.0 Å². The molecule has 3 heterocycles. The molecule has 1 aromatic carbocycles. The number of hydrogen-bond donors (Lipinski definition) is 2. The van der Waals surface area contributed by atoms with Gasteiger partial charge in [0.1, 0.15) is 5.82 Å². The number of para-hydroxylation sites is 1. The van der Waals surface area contributed by atoms with E-state index in [2.05, 4.69) is 50.9 Å². The average Bonchev–Trinajstić information content (AvgIpc) is 3.31. The molecule has 1 aliphatic rings. The Morgan fingerprint density at radius 3 is 2.75 bits per heavy atom. The maximum Gasteiger partial charge on any atom is 0.345 e. The van der Waals surface area contributed by atoms with E-state index in [1.165, 1.54) is 0 Å². The highest BCUT2D eigenvalue weighted by Gasteiger charge is 2.16. The van der Waals surface area contributed by atoms with Crippen LogP contribution in [0.15, 0.2) is 40.1 Å². The zero-order chi connectivity index (χ0) is 22.5. The predicted molar refractivity (Wildman–Crippen MR) is 125 cm³/mol. The molecular weight excluding hydrogens is 404 g/mol. The van der Waals surface area contributed by atoms with Gasteiger partial charge in [-0.3, -0.25) is 9.56 Å². The van der Waals surface area contributed by atoms with Crippen molar-refractivity contribution in [3.63, 3.8) is 0 Å². The Kier molecular flexibility index (Phi) is 6.72. The monoisotopic (exact) mass is 436 g/mol. The van der Waals surface area contributed by atoms with Crippen LogP contribution in [-0.2, 0) is 26.1 Å². The van der Waals surface area contributed by atoms with Crippen molar-refractivity contribution < 1.29 is 0 Å². The topological polar surface area (TPSA) is 94.1 Å². The number of nitrogens with zero attached hydrogens (tertiary/aromatic N) is 6. The number of aryl methyl sites for hydroxylation is 4. The molecule has 0 radical (unpaired) electrons. The highest BCUT2D eigenvalue weighted by atomic mass is 16.2. The molecule has 0 saturated carbocycles. The van der Waals surface area contributed by atoms with Crippen molar-refractivity contribution >= 4 is 5.96 Å². The van der Waals surface area contributed by atoms with Crippen LogP contribution < -0.4 is 16.3 Å². The third kappa shape index (κ3) is 4.76. The Balaban J connectivity index is 1.30. The molecule has 3 aromatic rings. The SMILES string of the molecule is CN=C(NCCCn1nc2n(c1=O)CCCC2)NCc1ccccc1-n1nc(C)cc1C. The van der Waals surface area contributed by atoms with Crippen molar-refractivity contribution in [2.24, 2.45) is 4.99 Å². The minimum Gasteiger partial charge on any atom is -0.356 e. The highest BCUT2D eigenvalue weighted by Crippen LogP contribution is 2.17. The Morgan fingerprint density at radius 1 is 1.16 bits per heavy atom. The third-order valence-corrected chi connectivity index (χ3v) is 5.77. The van der Waals surface area contributed by atoms with Gasteiger partial charge in [0.05, 0.1) is 11.4 Å². The molecule has 9 nitrogen and oxygen atoms in total. The van der Waals surface area contributed by atoms with E-state index in [0.717, 1.165) is 66.7 Å². The van der Waals surface area contributed by atoms with E-state index in [9.17, 15) is 4.79 Å². The quantitative estimate of drug-likeness (QED) is 0.335. The third-order valence-electron chi connectivity index (χ3n) is 5.77. The second kappa shape index (κ2) is 9.84. The molecule has 9 heteroatoms. The molecule has 0 fully saturated rings. The lowest BCUT2D eigenvalue weighted by Gasteiger charge is -2.15. The molecule has 4 rings (SSSR count). The first kappa shape index (κ1) is 21.9. The first-order chi connectivity index (χ1) is 15.6. The maximum absolute atomic E-state index is 12.4. The Morgan fingerprint density at radius 2 is 2.00 bits per heavy atom. The van der Waals surface area contributed by atoms with E-state index in [1.54, 1.807) is 11.7 Å². The van der Waals surface area contributed by atoms with Crippen LogP contribution in [0, 0.1) is 13.8 Å². The fourth-order valence-electron chi connectivity index (χ4n) is 4.17. The van der Waals surface area contributed by atoms with Crippen molar-refractivity contribution in [2.45, 2.75) is 59.2 Å². The van der Waals surface area contributed by atoms with E-state index in [4.69, 9.17) is 0 Å². The summed E-state index contributed by atoms with van der Waals surface area (Å²) in [5.41, 5.74) is 4.32. The second-order valence-electron chi connectivity index (χ2n) is 8.20. The van der Waals surface area contributed by atoms with Gasteiger partial charge >= 0.3 is 5.69 Å². The van der Waals surface area contributed by atoms with E-state index in [-0.39, 0.29) is 5.69 Å². The summed E-state index contributed by atoms with van der Waals surface area (Å²) in [4.78, 5) is 16.8. The minimum atomic E-state index is 0.0166. The molecule has 0 atom stereocenters. The van der Waals surface area contributed by atoms with Gasteiger partial charge in [0.15, 0.2) is 5.96 Å². The van der Waals surface area contributed by atoms with Crippen molar-refractivity contribution in [1.82, 2.24) is 34.8 Å². The number of fused-ring (bicyclic) bond motifs is 1. The first-order valence-corrected chi connectivity index (χ1v) is 11.3. The number of nitrogens with one attached hydrogen (secondary N) is 2. The van der Waals surface area contributed by atoms with E-state index in [1.807, 2.05) is 28.3 Å². The highest BCUT2D eigenvalue weighted by molar-refractivity contribution is 5.79. The summed E-state index contributed by atoms with van der Waals surface area (Å²) in [6.45, 7) is 6.79. The van der Waals surface area contributed by atoms with Crippen molar-refractivity contribution in [1.29, 1.82) is 0 Å². The number of benzene rings is 1. The van der Waals surface area contributed by atoms with Gasteiger partial charge in [-0.2, -0.15) is 10.2 Å². The normalized spacial score (nSPS) is 13.8. The lowest BCUT2D eigenvalue weighted by atomic mass is 10.1. The number of aliphatic imine (C=N–C) groups is 1. The molecule has 2 N–H and O–H groups in total. The van der Waals surface area contributed by atoms with E-state index < -0.39 is 0 Å². The van der Waals surface area contributed by atoms with Gasteiger partial charge in [0.2, 0.25) is 0 Å². The lowest BCUT2D eigenvalue weighted by molar-refractivity contribution is 0.509. The smallest absolute Gasteiger partial charge is 0.345 e. The van der Waals surface area contributed by atoms with Crippen LogP contribution in [-0.4, -0.2) is 43.7 Å². The van der Waals surface area contributed by atoms with Gasteiger partial charge in [-0.25, -0.2) is 14.2 Å². The van der Waals surface area contributed by atoms with Crippen LogP contribution >= 0.6 is 0 Å². The number of hydrogen-bond acceptors (Lipinski definition) is 4. The van der Waals surface area contributed by atoms with Crippen LogP contribution in [0.4, 0.5) is 0 Å². The molecule has 0 amide bonds. The molecule has 32 heavy (non-hydrogen) atoms. The Labute approximate surface area is 188 Å². The summed E-state index contributed by atoms with van der Waals surface area (Å²) in [5.74, 6) is 1.65. The predicted octanol–water partition coefficient (Wildman–Crippen LogP) is 1.94. The largest absolute Gasteiger partial charge is 0.356 e. The van der Waals surface area contributed by atoms with E-state index in [0.29, 0.717) is 19.6 Å². The van der Waals surface area contributed by atoms with Gasteiger partial charge in [-0.1, -0.05) is 18.2 Å². The zero-order valence-corrected chi connectivity index (χ0v) is 19.1. The van der Waals surface area contributed by atoms with Crippen LogP contribution in [0.3, 0.4) is 0 Å². The van der Waals surface area contributed by atoms with Crippen LogP contribution in [0.5, 0.6) is 0 Å². The fourth-order valence-corrected chi connectivity index (χ4v) is 4.17. The molecular formula is C23H32N8O. The molecule has 2 aromatic heterocycles. The second-order valence-corrected chi connectivity index (χ2v) is 8.20. The minimum absolute atomic E-state index is 0.0166. The summed E-state index contributed by atoms with van der Waals surface area (Å²) in [7, 11) is 1.76. The zero-order valence-electron chi connectivity index (χ0n) is 19.1. The van der Waals surface area contributed by atoms with Gasteiger partial charge in [0.25, 0.3) is 0 Å². The molecule has 1 aliphatic heterocycles. The lowest BCUT2D eigenvalue weighted by Crippen LogP contribution is -2.38. The standard InChI is InChI=1S/C23H32N8O/c1-17-15-18(2)31(27-17)20-10-5-4-9-19(20)16-26-22(24-3)25-12-8-14-30-23(32)29-13-7-6-11-21(29)28-30/h4-5,9-10,15H,6-8,11-14,16H2,1-3H3,(H2,24,25,26). The first-order valence-electron chi connectivity index (χ1n) is 11.3. The van der Waals surface area contributed by atoms with Crippen molar-refractivity contribution in [3.05, 3.63) is 63.6 Å². The van der Waals surface area contributed by atoms with Crippen LogP contribution in [0.25, 0.3) is 5.69 Å². The molecule has 0 aliphatic carbocycles. The number of guanidine groups is 1. The Hall–Kier alpha value is -3.36. The summed E-state index contributed by atoms with van der Waals surface area (Å²) in [5, 5.41) is 15.8. The number of rotatable bonds is 7. The van der Waals surface area contributed by atoms with E-state index >= 15 is 0 Å². The molecule has 0 spiro atoms. The summed E-state index contributed by atoms with van der Waals surface area (Å²) >= 11 is 0. The molecule has 0 bridgehead atoms. The molecule has 170 valence electrons. The van der Waals surface area contributed by atoms with Crippen molar-refractivity contribution in [3.8, 4) is 5.69 Å². The Bertz CT molecular complexity index is 1150. The fraction of sp³-hybridized carbons (Fsp3) is 0.478. The van der Waals surface area contributed by atoms with Crippen molar-refractivity contribution in [2.75, 3.05) is 13.6 Å².